The molecule has 0 saturated carbocycles. The van der Waals surface area contributed by atoms with E-state index in [9.17, 15) is 9.90 Å². The van der Waals surface area contributed by atoms with Crippen molar-refractivity contribution >= 4 is 11.7 Å². The Morgan fingerprint density at radius 1 is 1.23 bits per heavy atom. The number of aryl methyl sites for hydroxylation is 1. The Labute approximate surface area is 133 Å². The minimum absolute atomic E-state index is 0.107. The summed E-state index contributed by atoms with van der Waals surface area (Å²) in [4.78, 5) is 16.6. The monoisotopic (exact) mass is 304 g/mol. The van der Waals surface area contributed by atoms with E-state index in [2.05, 4.69) is 6.92 Å². The number of carbonyl (C=O) groups excluding carboxylic acids is 1. The van der Waals surface area contributed by atoms with Gasteiger partial charge in [-0.15, -0.1) is 0 Å². The molecule has 0 spiro atoms. The minimum atomic E-state index is -1.19. The van der Waals surface area contributed by atoms with E-state index in [1.807, 2.05) is 49.9 Å². The lowest BCUT2D eigenvalue weighted by Crippen LogP contribution is -2.68. The fraction of sp³-hybridized carbons (Fsp3) is 0.611. The van der Waals surface area contributed by atoms with E-state index in [4.69, 9.17) is 0 Å². The molecule has 2 rings (SSSR count). The molecule has 1 atom stereocenters. The van der Waals surface area contributed by atoms with Gasteiger partial charge in [0.1, 0.15) is 5.72 Å². The molecule has 1 fully saturated rings. The summed E-state index contributed by atoms with van der Waals surface area (Å²) in [7, 11) is 0. The summed E-state index contributed by atoms with van der Waals surface area (Å²) in [6, 6.07) is 7.61. The Morgan fingerprint density at radius 3 is 2.45 bits per heavy atom. The van der Waals surface area contributed by atoms with E-state index in [0.717, 1.165) is 30.6 Å². The lowest BCUT2D eigenvalue weighted by molar-refractivity contribution is -0.0256. The summed E-state index contributed by atoms with van der Waals surface area (Å²) in [5.41, 5.74) is 0.241. The Hall–Kier alpha value is -1.55. The van der Waals surface area contributed by atoms with Crippen LogP contribution in [0.3, 0.4) is 0 Å². The van der Waals surface area contributed by atoms with Crippen molar-refractivity contribution in [3.8, 4) is 0 Å². The van der Waals surface area contributed by atoms with Gasteiger partial charge in [-0.1, -0.05) is 31.5 Å². The van der Waals surface area contributed by atoms with Gasteiger partial charge in [0.2, 0.25) is 0 Å². The third-order valence-corrected chi connectivity index (χ3v) is 4.49. The van der Waals surface area contributed by atoms with Crippen LogP contribution < -0.4 is 4.90 Å². The maximum Gasteiger partial charge on any atom is 0.327 e. The first-order valence-electron chi connectivity index (χ1n) is 8.10. The van der Waals surface area contributed by atoms with Gasteiger partial charge in [-0.05, 0) is 45.7 Å². The standard InChI is InChI=1S/C18H28N2O2/c1-6-7-12-19-16(21)20(15-11-9-8-10-14(15)2)18(5,22)13-17(19,3)4/h8-11,22H,6-7,12-13H2,1-5H3/t18-/m0/s1. The molecule has 1 aliphatic rings. The molecular formula is C18H28N2O2. The first-order valence-corrected chi connectivity index (χ1v) is 8.10. The molecule has 0 aliphatic carbocycles. The summed E-state index contributed by atoms with van der Waals surface area (Å²) < 4.78 is 0. The van der Waals surface area contributed by atoms with Crippen LogP contribution in [0.15, 0.2) is 24.3 Å². The van der Waals surface area contributed by atoms with E-state index in [1.54, 1.807) is 11.8 Å². The van der Waals surface area contributed by atoms with Crippen LogP contribution in [0, 0.1) is 6.92 Å². The zero-order valence-corrected chi connectivity index (χ0v) is 14.4. The van der Waals surface area contributed by atoms with E-state index in [0.29, 0.717) is 6.42 Å². The van der Waals surface area contributed by atoms with Crippen LogP contribution in [0.2, 0.25) is 0 Å². The Kier molecular flexibility index (Phi) is 4.52. The third-order valence-electron chi connectivity index (χ3n) is 4.49. The van der Waals surface area contributed by atoms with Crippen LogP contribution in [0.5, 0.6) is 0 Å². The zero-order chi connectivity index (χ0) is 16.5. The molecule has 1 aliphatic heterocycles. The number of benzene rings is 1. The first-order chi connectivity index (χ1) is 10.2. The Bertz CT molecular complexity index is 552. The average Bonchev–Trinajstić information content (AvgIpc) is 2.38. The number of urea groups is 1. The highest BCUT2D eigenvalue weighted by Gasteiger charge is 2.50. The van der Waals surface area contributed by atoms with Gasteiger partial charge in [-0.2, -0.15) is 0 Å². The largest absolute Gasteiger partial charge is 0.371 e. The quantitative estimate of drug-likeness (QED) is 0.916. The van der Waals surface area contributed by atoms with E-state index < -0.39 is 5.72 Å². The van der Waals surface area contributed by atoms with Crippen molar-refractivity contribution in [2.24, 2.45) is 0 Å². The summed E-state index contributed by atoms with van der Waals surface area (Å²) in [5, 5.41) is 10.9. The molecule has 0 aromatic heterocycles. The lowest BCUT2D eigenvalue weighted by atomic mass is 9.87. The van der Waals surface area contributed by atoms with E-state index in [1.165, 1.54) is 0 Å². The van der Waals surface area contributed by atoms with Gasteiger partial charge in [0, 0.05) is 18.5 Å². The fourth-order valence-corrected chi connectivity index (χ4v) is 3.47. The molecule has 0 bridgehead atoms. The molecule has 2 amide bonds. The molecule has 1 aromatic rings. The molecule has 1 aromatic carbocycles. The maximum atomic E-state index is 13.1. The van der Waals surface area contributed by atoms with Gasteiger partial charge in [0.05, 0.1) is 5.69 Å². The molecule has 1 heterocycles. The van der Waals surface area contributed by atoms with Crippen LogP contribution in [0.1, 0.15) is 52.5 Å². The summed E-state index contributed by atoms with van der Waals surface area (Å²) in [5.74, 6) is 0. The number of para-hydroxylation sites is 1. The number of hydrogen-bond acceptors (Lipinski definition) is 2. The zero-order valence-electron chi connectivity index (χ0n) is 14.4. The van der Waals surface area contributed by atoms with Crippen LogP contribution >= 0.6 is 0 Å². The van der Waals surface area contributed by atoms with Crippen molar-refractivity contribution < 1.29 is 9.90 Å². The smallest absolute Gasteiger partial charge is 0.327 e. The summed E-state index contributed by atoms with van der Waals surface area (Å²) in [6.45, 7) is 10.6. The number of aliphatic hydroxyl groups is 1. The minimum Gasteiger partial charge on any atom is -0.371 e. The summed E-state index contributed by atoms with van der Waals surface area (Å²) in [6.07, 6.45) is 2.53. The topological polar surface area (TPSA) is 43.8 Å². The molecule has 4 heteroatoms. The van der Waals surface area contributed by atoms with E-state index in [-0.39, 0.29) is 11.6 Å². The highest BCUT2D eigenvalue weighted by Crippen LogP contribution is 2.39. The van der Waals surface area contributed by atoms with Crippen molar-refractivity contribution in [2.75, 3.05) is 11.4 Å². The molecule has 1 saturated heterocycles. The van der Waals surface area contributed by atoms with Gasteiger partial charge >= 0.3 is 6.03 Å². The van der Waals surface area contributed by atoms with E-state index >= 15 is 0 Å². The second-order valence-corrected chi connectivity index (χ2v) is 7.12. The van der Waals surface area contributed by atoms with Crippen molar-refractivity contribution in [1.29, 1.82) is 0 Å². The fourth-order valence-electron chi connectivity index (χ4n) is 3.47. The Balaban J connectivity index is 2.44. The first kappa shape index (κ1) is 16.8. The molecular weight excluding hydrogens is 276 g/mol. The SMILES string of the molecule is CCCCN1C(=O)N(c2ccccc2C)[C@@](C)(O)CC1(C)C. The van der Waals surface area contributed by atoms with Crippen molar-refractivity contribution in [3.05, 3.63) is 29.8 Å². The highest BCUT2D eigenvalue weighted by atomic mass is 16.3. The molecule has 0 radical (unpaired) electrons. The van der Waals surface area contributed by atoms with Gasteiger partial charge < -0.3 is 10.0 Å². The third kappa shape index (κ3) is 2.98. The second-order valence-electron chi connectivity index (χ2n) is 7.12. The number of unbranched alkanes of at least 4 members (excludes halogenated alkanes) is 1. The highest BCUT2D eigenvalue weighted by molar-refractivity contribution is 5.95. The van der Waals surface area contributed by atoms with Crippen molar-refractivity contribution in [1.82, 2.24) is 4.90 Å². The van der Waals surface area contributed by atoms with Crippen LogP contribution in [0.4, 0.5) is 10.5 Å². The molecule has 4 nitrogen and oxygen atoms in total. The predicted molar refractivity (Wildman–Crippen MR) is 90.0 cm³/mol. The maximum absolute atomic E-state index is 13.1. The van der Waals surface area contributed by atoms with Crippen molar-refractivity contribution in [2.45, 2.75) is 65.1 Å². The second kappa shape index (κ2) is 5.92. The normalized spacial score (nSPS) is 24.7. The Morgan fingerprint density at radius 2 is 1.86 bits per heavy atom. The molecule has 0 unspecified atom stereocenters. The number of anilines is 1. The molecule has 1 N–H and O–H groups in total. The van der Waals surface area contributed by atoms with Gasteiger partial charge in [-0.3, -0.25) is 4.90 Å². The van der Waals surface area contributed by atoms with Crippen LogP contribution in [0.25, 0.3) is 0 Å². The van der Waals surface area contributed by atoms with Crippen LogP contribution in [-0.2, 0) is 0 Å². The average molecular weight is 304 g/mol. The predicted octanol–water partition coefficient (Wildman–Crippen LogP) is 3.91. The van der Waals surface area contributed by atoms with Gasteiger partial charge in [0.25, 0.3) is 0 Å². The van der Waals surface area contributed by atoms with Crippen molar-refractivity contribution in [3.63, 3.8) is 0 Å². The lowest BCUT2D eigenvalue weighted by Gasteiger charge is -2.53. The number of amides is 2. The summed E-state index contributed by atoms with van der Waals surface area (Å²) >= 11 is 0. The number of carbonyl (C=O) groups is 1. The van der Waals surface area contributed by atoms with Crippen LogP contribution in [-0.4, -0.2) is 33.8 Å². The number of hydrogen-bond donors (Lipinski definition) is 1. The van der Waals surface area contributed by atoms with Gasteiger partial charge in [0.15, 0.2) is 0 Å². The molecule has 122 valence electrons. The number of nitrogens with zero attached hydrogens (tertiary/aromatic N) is 2. The van der Waals surface area contributed by atoms with Gasteiger partial charge in [-0.25, -0.2) is 4.79 Å². The molecule has 22 heavy (non-hydrogen) atoms. The number of rotatable bonds is 4.